The van der Waals surface area contributed by atoms with Crippen LogP contribution in [-0.4, -0.2) is 43.9 Å². The molecule has 0 aliphatic heterocycles. The zero-order valence-corrected chi connectivity index (χ0v) is 20.5. The van der Waals surface area contributed by atoms with E-state index >= 15 is 0 Å². The maximum Gasteiger partial charge on any atom is 0.306 e. The third-order valence-corrected chi connectivity index (χ3v) is 7.03. The third-order valence-electron chi connectivity index (χ3n) is 5.99. The number of phenolic OH excluding ortho intramolecular Hbond substituents is 2. The highest BCUT2D eigenvalue weighted by Crippen LogP contribution is 2.27. The topological polar surface area (TPSA) is 115 Å². The Kier molecular flexibility index (Phi) is 9.65. The second-order valence-electron chi connectivity index (χ2n) is 8.82. The number of thioether (sulfide) groups is 1. The van der Waals surface area contributed by atoms with E-state index in [9.17, 15) is 30.0 Å². The molecule has 2 aromatic rings. The number of hydrogen-bond donors (Lipinski definition) is 4. The van der Waals surface area contributed by atoms with Gasteiger partial charge < -0.3 is 20.4 Å². The van der Waals surface area contributed by atoms with Crippen LogP contribution in [-0.2, 0) is 22.4 Å². The fraction of sp³-hybridized carbons (Fsp3) is 0.462. The van der Waals surface area contributed by atoms with Crippen molar-refractivity contribution < 1.29 is 30.0 Å². The van der Waals surface area contributed by atoms with Gasteiger partial charge in [-0.2, -0.15) is 11.8 Å². The first-order chi connectivity index (χ1) is 15.5. The highest BCUT2D eigenvalue weighted by Gasteiger charge is 2.21. The number of phenols is 2. The summed E-state index contributed by atoms with van der Waals surface area (Å²) in [6, 6.07) is 7.32. The largest absolute Gasteiger partial charge is 0.507 e. The predicted molar refractivity (Wildman–Crippen MR) is 131 cm³/mol. The summed E-state index contributed by atoms with van der Waals surface area (Å²) in [5.41, 5.74) is 4.74. The zero-order chi connectivity index (χ0) is 24.7. The number of rotatable bonds is 12. The maximum absolute atomic E-state index is 11.7. The van der Waals surface area contributed by atoms with Crippen LogP contribution in [0.25, 0.3) is 0 Å². The molecule has 2 atom stereocenters. The van der Waals surface area contributed by atoms with Gasteiger partial charge in [-0.05, 0) is 98.3 Å². The van der Waals surface area contributed by atoms with Crippen LogP contribution in [0.2, 0.25) is 0 Å². The number of aryl methyl sites for hydroxylation is 4. The van der Waals surface area contributed by atoms with Gasteiger partial charge in [0.05, 0.1) is 11.8 Å². The number of hydrogen-bond acceptors (Lipinski definition) is 5. The Bertz CT molecular complexity index is 875. The van der Waals surface area contributed by atoms with Gasteiger partial charge >= 0.3 is 11.9 Å². The van der Waals surface area contributed by atoms with Crippen molar-refractivity contribution in [3.63, 3.8) is 0 Å². The Hall–Kier alpha value is -2.67. The molecule has 0 saturated heterocycles. The lowest BCUT2D eigenvalue weighted by molar-refractivity contribution is -0.142. The Balaban J connectivity index is 1.87. The average Bonchev–Trinajstić information content (AvgIpc) is 2.73. The number of aliphatic carboxylic acids is 2. The van der Waals surface area contributed by atoms with E-state index in [4.69, 9.17) is 0 Å². The van der Waals surface area contributed by atoms with Crippen LogP contribution < -0.4 is 0 Å². The summed E-state index contributed by atoms with van der Waals surface area (Å²) >= 11 is 1.58. The lowest BCUT2D eigenvalue weighted by atomic mass is 9.94. The SMILES string of the molecule is Cc1cc(CC(CCSCCC(Cc2cc(C)c(O)c(C)c2)C(=O)O)C(=O)O)cc(C)c1O. The molecule has 0 radical (unpaired) electrons. The third kappa shape index (κ3) is 7.70. The molecule has 180 valence electrons. The van der Waals surface area contributed by atoms with Crippen molar-refractivity contribution in [2.45, 2.75) is 53.4 Å². The Morgan fingerprint density at radius 1 is 0.697 bits per heavy atom. The van der Waals surface area contributed by atoms with Gasteiger partial charge in [0.25, 0.3) is 0 Å². The van der Waals surface area contributed by atoms with Gasteiger partial charge in [0, 0.05) is 0 Å². The summed E-state index contributed by atoms with van der Waals surface area (Å²) in [4.78, 5) is 23.5. The van der Waals surface area contributed by atoms with Gasteiger partial charge in [0.1, 0.15) is 11.5 Å². The van der Waals surface area contributed by atoms with Crippen LogP contribution in [0, 0.1) is 39.5 Å². The lowest BCUT2D eigenvalue weighted by Gasteiger charge is -2.16. The molecular formula is C26H34O6S. The number of benzene rings is 2. The van der Waals surface area contributed by atoms with E-state index in [1.165, 1.54) is 0 Å². The minimum Gasteiger partial charge on any atom is -0.507 e. The normalized spacial score (nSPS) is 13.0. The van der Waals surface area contributed by atoms with Gasteiger partial charge in [-0.15, -0.1) is 0 Å². The number of carboxylic acids is 2. The molecule has 0 aromatic heterocycles. The first-order valence-electron chi connectivity index (χ1n) is 11.1. The molecule has 2 rings (SSSR count). The molecule has 0 fully saturated rings. The van der Waals surface area contributed by atoms with Gasteiger partial charge in [-0.3, -0.25) is 9.59 Å². The van der Waals surface area contributed by atoms with Crippen LogP contribution in [0.4, 0.5) is 0 Å². The Labute approximate surface area is 199 Å². The van der Waals surface area contributed by atoms with E-state index in [0.29, 0.717) is 37.2 Å². The van der Waals surface area contributed by atoms with Crippen molar-refractivity contribution in [1.82, 2.24) is 0 Å². The second-order valence-corrected chi connectivity index (χ2v) is 10.0. The summed E-state index contributed by atoms with van der Waals surface area (Å²) in [5, 5.41) is 39.1. The highest BCUT2D eigenvalue weighted by atomic mass is 32.2. The number of carbonyl (C=O) groups is 2. The second kappa shape index (κ2) is 12.0. The first-order valence-corrected chi connectivity index (χ1v) is 12.3. The predicted octanol–water partition coefficient (Wildman–Crippen LogP) is 5.03. The molecule has 0 bridgehead atoms. The standard InChI is InChI=1S/C26H34O6S/c1-15-9-19(10-16(2)23(15)27)13-21(25(29)30)5-7-33-8-6-22(26(31)32)14-20-11-17(3)24(28)18(4)12-20/h9-12,21-22,27-28H,5-8,13-14H2,1-4H3,(H,29,30)(H,31,32). The number of aromatic hydroxyl groups is 2. The van der Waals surface area contributed by atoms with Crippen molar-refractivity contribution in [2.24, 2.45) is 11.8 Å². The zero-order valence-electron chi connectivity index (χ0n) is 19.7. The molecule has 0 heterocycles. The van der Waals surface area contributed by atoms with Crippen molar-refractivity contribution in [3.05, 3.63) is 57.6 Å². The lowest BCUT2D eigenvalue weighted by Crippen LogP contribution is -2.19. The van der Waals surface area contributed by atoms with Crippen LogP contribution in [0.3, 0.4) is 0 Å². The Morgan fingerprint density at radius 3 is 1.27 bits per heavy atom. The van der Waals surface area contributed by atoms with Crippen molar-refractivity contribution >= 4 is 23.7 Å². The van der Waals surface area contributed by atoms with Crippen LogP contribution in [0.5, 0.6) is 11.5 Å². The molecule has 6 nitrogen and oxygen atoms in total. The molecule has 0 amide bonds. The molecule has 2 aromatic carbocycles. The van der Waals surface area contributed by atoms with Crippen LogP contribution in [0.15, 0.2) is 24.3 Å². The van der Waals surface area contributed by atoms with Crippen LogP contribution in [0.1, 0.15) is 46.2 Å². The smallest absolute Gasteiger partial charge is 0.306 e. The van der Waals surface area contributed by atoms with Crippen LogP contribution >= 0.6 is 11.8 Å². The fourth-order valence-corrected chi connectivity index (χ4v) is 5.18. The molecule has 0 aliphatic rings. The molecule has 0 spiro atoms. The minimum atomic E-state index is -0.847. The van der Waals surface area contributed by atoms with E-state index in [0.717, 1.165) is 33.4 Å². The Morgan fingerprint density at radius 2 is 1.00 bits per heavy atom. The summed E-state index contributed by atoms with van der Waals surface area (Å²) in [6.45, 7) is 7.21. The van der Waals surface area contributed by atoms with Crippen molar-refractivity contribution in [1.29, 1.82) is 0 Å². The summed E-state index contributed by atoms with van der Waals surface area (Å²) in [5.74, 6) is -0.995. The summed E-state index contributed by atoms with van der Waals surface area (Å²) in [7, 11) is 0. The van der Waals surface area contributed by atoms with Gasteiger partial charge in [0.2, 0.25) is 0 Å². The highest BCUT2D eigenvalue weighted by molar-refractivity contribution is 7.99. The monoisotopic (exact) mass is 474 g/mol. The molecule has 0 saturated carbocycles. The fourth-order valence-electron chi connectivity index (χ4n) is 4.07. The van der Waals surface area contributed by atoms with E-state index in [1.54, 1.807) is 39.5 Å². The molecule has 2 unspecified atom stereocenters. The minimum absolute atomic E-state index is 0.242. The van der Waals surface area contributed by atoms with Crippen molar-refractivity contribution in [2.75, 3.05) is 11.5 Å². The molecule has 33 heavy (non-hydrogen) atoms. The van der Waals surface area contributed by atoms with E-state index in [-0.39, 0.29) is 11.5 Å². The van der Waals surface area contributed by atoms with E-state index < -0.39 is 23.8 Å². The maximum atomic E-state index is 11.7. The molecular weight excluding hydrogens is 440 g/mol. The van der Waals surface area contributed by atoms with Crippen molar-refractivity contribution in [3.8, 4) is 11.5 Å². The average molecular weight is 475 g/mol. The van der Waals surface area contributed by atoms with Gasteiger partial charge in [-0.1, -0.05) is 24.3 Å². The van der Waals surface area contributed by atoms with E-state index in [1.807, 2.05) is 24.3 Å². The molecule has 4 N–H and O–H groups in total. The number of carboxylic acid groups (broad SMARTS) is 2. The first kappa shape index (κ1) is 26.6. The van der Waals surface area contributed by atoms with Gasteiger partial charge in [-0.25, -0.2) is 0 Å². The van der Waals surface area contributed by atoms with Gasteiger partial charge in [0.15, 0.2) is 0 Å². The summed E-state index contributed by atoms with van der Waals surface area (Å²) in [6.07, 6.45) is 1.78. The quantitative estimate of drug-likeness (QED) is 0.319. The van der Waals surface area contributed by atoms with E-state index in [2.05, 4.69) is 0 Å². The summed E-state index contributed by atoms with van der Waals surface area (Å²) < 4.78 is 0. The molecule has 0 aliphatic carbocycles. The molecule has 7 heteroatoms.